The van der Waals surface area contributed by atoms with Crippen molar-refractivity contribution in [3.05, 3.63) is 75.9 Å². The van der Waals surface area contributed by atoms with Crippen molar-refractivity contribution >= 4 is 34.7 Å². The van der Waals surface area contributed by atoms with E-state index in [0.717, 1.165) is 0 Å². The van der Waals surface area contributed by atoms with Gasteiger partial charge in [0.25, 0.3) is 11.8 Å². The van der Waals surface area contributed by atoms with Gasteiger partial charge in [0, 0.05) is 47.1 Å². The van der Waals surface area contributed by atoms with Crippen molar-refractivity contribution in [2.75, 3.05) is 0 Å². The molecule has 2 aromatic rings. The van der Waals surface area contributed by atoms with Crippen LogP contribution in [-0.4, -0.2) is 39.0 Å². The van der Waals surface area contributed by atoms with Crippen molar-refractivity contribution < 1.29 is 38.6 Å². The molecular formula is C25H15NO9. The van der Waals surface area contributed by atoms with Crippen LogP contribution in [0.15, 0.2) is 63.8 Å². The van der Waals surface area contributed by atoms with E-state index in [1.54, 1.807) is 0 Å². The molecule has 0 saturated carbocycles. The fourth-order valence-electron chi connectivity index (χ4n) is 4.09. The lowest BCUT2D eigenvalue weighted by atomic mass is 9.87. The average molecular weight is 473 g/mol. The molecule has 0 unspecified atom stereocenters. The molecule has 5 rings (SSSR count). The molecule has 0 radical (unpaired) electrons. The van der Waals surface area contributed by atoms with Crippen molar-refractivity contribution in [3.8, 4) is 28.2 Å². The van der Waals surface area contributed by atoms with Crippen LogP contribution in [0.5, 0.6) is 5.75 Å². The van der Waals surface area contributed by atoms with Gasteiger partial charge >= 0.3 is 11.9 Å². The third-order valence-electron chi connectivity index (χ3n) is 5.62. The van der Waals surface area contributed by atoms with Gasteiger partial charge < -0.3 is 19.5 Å². The van der Waals surface area contributed by atoms with Gasteiger partial charge in [-0.1, -0.05) is 6.07 Å². The Kier molecular flexibility index (Phi) is 5.05. The first-order chi connectivity index (χ1) is 16.7. The number of nitrogens with zero attached hydrogens (tertiary/aromatic N) is 1. The standard InChI is InChI=1S/C25H15NO9/c27-12-4-6-14-18(10-12)34-19-11-13(28)5-7-15(19)22(14)23-16(24(31)32)2-1-3-17(23)25(33)35-26-20(29)8-9-21(26)30/h1-7,10-11,27H,8-9H2,(H,31,32). The largest absolute Gasteiger partial charge is 0.508 e. The highest BCUT2D eigenvalue weighted by molar-refractivity contribution is 6.13. The van der Waals surface area contributed by atoms with Gasteiger partial charge in [-0.2, -0.15) is 0 Å². The molecule has 1 fully saturated rings. The highest BCUT2D eigenvalue weighted by atomic mass is 16.7. The summed E-state index contributed by atoms with van der Waals surface area (Å²) in [5.41, 5.74) is -0.271. The van der Waals surface area contributed by atoms with Crippen LogP contribution in [0.3, 0.4) is 0 Å². The predicted molar refractivity (Wildman–Crippen MR) is 120 cm³/mol. The van der Waals surface area contributed by atoms with Gasteiger partial charge in [-0.3, -0.25) is 14.4 Å². The Hall–Kier alpha value is -4.99. The molecule has 0 aromatic heterocycles. The van der Waals surface area contributed by atoms with Crippen LogP contribution in [0.1, 0.15) is 33.6 Å². The van der Waals surface area contributed by atoms with Crippen molar-refractivity contribution in [3.63, 3.8) is 0 Å². The molecular weight excluding hydrogens is 458 g/mol. The minimum Gasteiger partial charge on any atom is -0.508 e. The number of fused-ring (bicyclic) bond motifs is 2. The molecule has 0 bridgehead atoms. The number of phenolic OH excluding ortho intramolecular Hbond substituents is 1. The summed E-state index contributed by atoms with van der Waals surface area (Å²) in [6.45, 7) is 0. The molecule has 2 amide bonds. The second-order valence-electron chi connectivity index (χ2n) is 7.81. The molecule has 1 saturated heterocycles. The number of carbonyl (C=O) groups excluding carboxylic acids is 3. The normalized spacial score (nSPS) is 13.5. The number of benzene rings is 3. The van der Waals surface area contributed by atoms with Crippen molar-refractivity contribution in [2.45, 2.75) is 12.8 Å². The minimum absolute atomic E-state index is 0.0702. The molecule has 0 spiro atoms. The lowest BCUT2D eigenvalue weighted by Gasteiger charge is -2.20. The van der Waals surface area contributed by atoms with Crippen molar-refractivity contribution in [1.82, 2.24) is 5.06 Å². The summed E-state index contributed by atoms with van der Waals surface area (Å²) in [5.74, 6) is -3.89. The summed E-state index contributed by atoms with van der Waals surface area (Å²) < 4.78 is 5.79. The fraction of sp³-hybridized carbons (Fsp3) is 0.0800. The van der Waals surface area contributed by atoms with Crippen LogP contribution >= 0.6 is 0 Å². The van der Waals surface area contributed by atoms with E-state index in [1.807, 2.05) is 0 Å². The van der Waals surface area contributed by atoms with E-state index >= 15 is 0 Å². The number of carboxylic acids is 1. The Morgan fingerprint density at radius 2 is 1.60 bits per heavy atom. The van der Waals surface area contributed by atoms with Crippen LogP contribution in [0.4, 0.5) is 0 Å². The average Bonchev–Trinajstić information content (AvgIpc) is 3.13. The maximum Gasteiger partial charge on any atom is 0.364 e. The first kappa shape index (κ1) is 21.8. The summed E-state index contributed by atoms with van der Waals surface area (Å²) in [4.78, 5) is 66.4. The summed E-state index contributed by atoms with van der Waals surface area (Å²) in [6, 6.07) is 11.9. The molecule has 3 aliphatic rings. The smallest absolute Gasteiger partial charge is 0.364 e. The number of hydroxylamine groups is 2. The molecule has 0 atom stereocenters. The molecule has 2 aromatic carbocycles. The number of phenols is 1. The van der Waals surface area contributed by atoms with Gasteiger partial charge in [0.15, 0.2) is 5.43 Å². The number of aromatic carboxylic acids is 1. The van der Waals surface area contributed by atoms with Crippen LogP contribution in [0.25, 0.3) is 33.4 Å². The molecule has 2 aliphatic heterocycles. The van der Waals surface area contributed by atoms with E-state index in [-0.39, 0.29) is 57.6 Å². The predicted octanol–water partition coefficient (Wildman–Crippen LogP) is 3.19. The molecule has 2 heterocycles. The number of hydrogen-bond donors (Lipinski definition) is 2. The Morgan fingerprint density at radius 1 is 0.886 bits per heavy atom. The van der Waals surface area contributed by atoms with Gasteiger partial charge in [-0.15, -0.1) is 5.06 Å². The van der Waals surface area contributed by atoms with E-state index in [4.69, 9.17) is 9.25 Å². The first-order valence-corrected chi connectivity index (χ1v) is 10.4. The van der Waals surface area contributed by atoms with E-state index in [1.165, 1.54) is 54.6 Å². The van der Waals surface area contributed by atoms with Crippen LogP contribution < -0.4 is 5.43 Å². The highest BCUT2D eigenvalue weighted by Crippen LogP contribution is 2.43. The van der Waals surface area contributed by atoms with Gasteiger partial charge in [0.05, 0.1) is 11.1 Å². The first-order valence-electron chi connectivity index (χ1n) is 10.4. The maximum atomic E-state index is 13.2. The molecule has 10 nitrogen and oxygen atoms in total. The summed E-state index contributed by atoms with van der Waals surface area (Å²) in [7, 11) is 0. The second-order valence-corrected chi connectivity index (χ2v) is 7.81. The van der Waals surface area contributed by atoms with Crippen LogP contribution in [0.2, 0.25) is 0 Å². The van der Waals surface area contributed by atoms with Crippen LogP contribution in [0, 0.1) is 0 Å². The lowest BCUT2D eigenvalue weighted by Crippen LogP contribution is -2.32. The van der Waals surface area contributed by atoms with Crippen LogP contribution in [-0.2, 0) is 14.4 Å². The van der Waals surface area contributed by atoms with Crippen molar-refractivity contribution in [2.24, 2.45) is 0 Å². The Labute approximate surface area is 195 Å². The fourth-order valence-corrected chi connectivity index (χ4v) is 4.09. The van der Waals surface area contributed by atoms with E-state index in [2.05, 4.69) is 0 Å². The third-order valence-corrected chi connectivity index (χ3v) is 5.62. The number of imide groups is 1. The number of hydrogen-bond acceptors (Lipinski definition) is 8. The molecule has 35 heavy (non-hydrogen) atoms. The zero-order valence-corrected chi connectivity index (χ0v) is 17.8. The molecule has 2 N–H and O–H groups in total. The van der Waals surface area contributed by atoms with Gasteiger partial charge in [0.2, 0.25) is 0 Å². The number of rotatable bonds is 4. The van der Waals surface area contributed by atoms with Crippen molar-refractivity contribution in [1.29, 1.82) is 0 Å². The van der Waals surface area contributed by atoms with Gasteiger partial charge in [-0.25, -0.2) is 9.59 Å². The summed E-state index contributed by atoms with van der Waals surface area (Å²) >= 11 is 0. The minimum atomic E-state index is -1.36. The third kappa shape index (κ3) is 3.66. The number of carboxylic acid groups (broad SMARTS) is 1. The molecule has 1 aliphatic carbocycles. The Morgan fingerprint density at radius 3 is 2.31 bits per heavy atom. The second kappa shape index (κ2) is 8.10. The maximum absolute atomic E-state index is 13.2. The SMILES string of the molecule is O=C(O)c1cccc(C(=O)ON2C(=O)CCC2=O)c1-c1c2ccc(=O)cc-2oc2cc(O)ccc12. The number of aromatic hydroxyl groups is 1. The topological polar surface area (TPSA) is 151 Å². The van der Waals surface area contributed by atoms with E-state index in [9.17, 15) is 34.2 Å². The quantitative estimate of drug-likeness (QED) is 0.336. The summed E-state index contributed by atoms with van der Waals surface area (Å²) in [5, 5.41) is 20.6. The highest BCUT2D eigenvalue weighted by Gasteiger charge is 2.35. The van der Waals surface area contributed by atoms with Gasteiger partial charge in [-0.05, 0) is 36.4 Å². The van der Waals surface area contributed by atoms with E-state index < -0.39 is 23.8 Å². The molecule has 174 valence electrons. The Bertz CT molecular complexity index is 1580. The monoisotopic (exact) mass is 473 g/mol. The zero-order chi connectivity index (χ0) is 24.9. The number of amides is 2. The van der Waals surface area contributed by atoms with Gasteiger partial charge in [0.1, 0.15) is 17.1 Å². The number of carbonyl (C=O) groups is 4. The zero-order valence-electron chi connectivity index (χ0n) is 17.8. The molecule has 10 heteroatoms. The summed E-state index contributed by atoms with van der Waals surface area (Å²) in [6.07, 6.45) is -0.213. The van der Waals surface area contributed by atoms with E-state index in [0.29, 0.717) is 16.0 Å². The lowest BCUT2D eigenvalue weighted by molar-refractivity contribution is -0.172. The Balaban J connectivity index is 1.83.